The highest BCUT2D eigenvalue weighted by atomic mass is 32.2. The Morgan fingerprint density at radius 1 is 1.30 bits per heavy atom. The first kappa shape index (κ1) is 15.1. The molecule has 110 valence electrons. The van der Waals surface area contributed by atoms with Gasteiger partial charge in [-0.3, -0.25) is 10.1 Å². The maximum atomic E-state index is 11.5. The number of sulfonamides is 1. The van der Waals surface area contributed by atoms with Gasteiger partial charge in [0.25, 0.3) is 0 Å². The number of nitrogens with two attached hydrogens (primary N) is 1. The van der Waals surface area contributed by atoms with Gasteiger partial charge in [0.05, 0.1) is 4.92 Å². The molecule has 0 unspecified atom stereocenters. The molecule has 1 aromatic rings. The van der Waals surface area contributed by atoms with E-state index in [1.807, 2.05) is 4.90 Å². The summed E-state index contributed by atoms with van der Waals surface area (Å²) >= 11 is 1.78. The van der Waals surface area contributed by atoms with Crippen LogP contribution in [0.3, 0.4) is 0 Å². The number of nitro benzene ring substituents is 1. The molecule has 1 aromatic carbocycles. The van der Waals surface area contributed by atoms with Crippen LogP contribution in [0.1, 0.15) is 6.42 Å². The van der Waals surface area contributed by atoms with Crippen molar-refractivity contribution >= 4 is 33.2 Å². The molecule has 0 saturated carbocycles. The molecule has 9 heteroatoms. The van der Waals surface area contributed by atoms with E-state index in [0.717, 1.165) is 17.9 Å². The second kappa shape index (κ2) is 5.98. The van der Waals surface area contributed by atoms with Crippen molar-refractivity contribution in [1.82, 2.24) is 0 Å². The molecule has 7 nitrogen and oxygen atoms in total. The minimum Gasteiger partial charge on any atom is -0.365 e. The molecule has 0 aromatic heterocycles. The van der Waals surface area contributed by atoms with E-state index in [4.69, 9.17) is 5.14 Å². The van der Waals surface area contributed by atoms with Crippen LogP contribution in [0.25, 0.3) is 0 Å². The lowest BCUT2D eigenvalue weighted by molar-refractivity contribution is -0.387. The first-order valence-electron chi connectivity index (χ1n) is 6.04. The van der Waals surface area contributed by atoms with Crippen LogP contribution in [0, 0.1) is 10.1 Å². The lowest BCUT2D eigenvalue weighted by atomic mass is 10.2. The summed E-state index contributed by atoms with van der Waals surface area (Å²) < 4.78 is 23.0. The normalized spacial score (nSPS) is 16.8. The molecule has 1 saturated heterocycles. The number of benzene rings is 1. The number of thioether (sulfide) groups is 1. The van der Waals surface area contributed by atoms with Gasteiger partial charge in [0, 0.05) is 18.8 Å². The minimum atomic E-state index is -4.12. The number of hydrogen-bond donors (Lipinski definition) is 1. The summed E-state index contributed by atoms with van der Waals surface area (Å²) in [4.78, 5) is 12.0. The predicted molar refractivity (Wildman–Crippen MR) is 78.6 cm³/mol. The largest absolute Gasteiger partial charge is 0.365 e. The van der Waals surface area contributed by atoms with Gasteiger partial charge in [-0.05, 0) is 24.3 Å². The molecule has 0 aliphatic carbocycles. The fourth-order valence-electron chi connectivity index (χ4n) is 2.17. The molecule has 2 rings (SSSR count). The Morgan fingerprint density at radius 2 is 2.05 bits per heavy atom. The summed E-state index contributed by atoms with van der Waals surface area (Å²) in [5, 5.41) is 16.3. The van der Waals surface area contributed by atoms with Gasteiger partial charge >= 0.3 is 5.69 Å². The quantitative estimate of drug-likeness (QED) is 0.663. The van der Waals surface area contributed by atoms with Crippen LogP contribution >= 0.6 is 11.8 Å². The standard InChI is InChI=1S/C11H15N3O4S2/c12-20(17,18)10-4-1-3-9(11(10)14(15)16)13-5-2-7-19-8-6-13/h1,3-4H,2,5-8H2,(H2,12,17,18). The van der Waals surface area contributed by atoms with E-state index in [9.17, 15) is 18.5 Å². The van der Waals surface area contributed by atoms with E-state index < -0.39 is 25.5 Å². The zero-order valence-corrected chi connectivity index (χ0v) is 12.3. The van der Waals surface area contributed by atoms with Crippen molar-refractivity contribution in [3.8, 4) is 0 Å². The van der Waals surface area contributed by atoms with Crippen LogP contribution in [0.15, 0.2) is 23.1 Å². The van der Waals surface area contributed by atoms with Crippen molar-refractivity contribution in [3.63, 3.8) is 0 Å². The topological polar surface area (TPSA) is 107 Å². The third kappa shape index (κ3) is 3.22. The van der Waals surface area contributed by atoms with Gasteiger partial charge in [-0.2, -0.15) is 11.8 Å². The van der Waals surface area contributed by atoms with Crippen molar-refractivity contribution in [2.75, 3.05) is 29.5 Å². The first-order chi connectivity index (χ1) is 9.41. The van der Waals surface area contributed by atoms with E-state index in [2.05, 4.69) is 0 Å². The van der Waals surface area contributed by atoms with E-state index in [-0.39, 0.29) is 0 Å². The molecule has 1 fully saturated rings. The summed E-state index contributed by atoms with van der Waals surface area (Å²) in [6, 6.07) is 4.23. The third-order valence-corrected chi connectivity index (χ3v) is 5.02. The Balaban J connectivity index is 2.55. The highest BCUT2D eigenvalue weighted by Crippen LogP contribution is 2.34. The number of hydrogen-bond acceptors (Lipinski definition) is 6. The van der Waals surface area contributed by atoms with Gasteiger partial charge in [-0.15, -0.1) is 0 Å². The van der Waals surface area contributed by atoms with Crippen LogP contribution in [0.4, 0.5) is 11.4 Å². The van der Waals surface area contributed by atoms with Crippen molar-refractivity contribution in [2.45, 2.75) is 11.3 Å². The number of primary sulfonamides is 1. The third-order valence-electron chi connectivity index (χ3n) is 3.03. The first-order valence-corrected chi connectivity index (χ1v) is 8.74. The van der Waals surface area contributed by atoms with Gasteiger partial charge in [0.2, 0.25) is 10.0 Å². The van der Waals surface area contributed by atoms with Crippen molar-refractivity contribution in [2.24, 2.45) is 5.14 Å². The van der Waals surface area contributed by atoms with Crippen LogP contribution < -0.4 is 10.0 Å². The highest BCUT2D eigenvalue weighted by molar-refractivity contribution is 7.99. The molecule has 0 radical (unpaired) electrons. The Labute approximate surface area is 121 Å². The molecule has 1 aliphatic heterocycles. The van der Waals surface area contributed by atoms with Gasteiger partial charge < -0.3 is 4.90 Å². The average Bonchev–Trinajstić information content (AvgIpc) is 2.65. The summed E-state index contributed by atoms with van der Waals surface area (Å²) in [6.45, 7) is 1.32. The van der Waals surface area contributed by atoms with E-state index >= 15 is 0 Å². The second-order valence-corrected chi connectivity index (χ2v) is 7.13. The Bertz CT molecular complexity index is 610. The van der Waals surface area contributed by atoms with Crippen molar-refractivity contribution in [1.29, 1.82) is 0 Å². The van der Waals surface area contributed by atoms with Gasteiger partial charge in [-0.1, -0.05) is 6.07 Å². The molecule has 1 aliphatic rings. The summed E-state index contributed by atoms with van der Waals surface area (Å²) in [7, 11) is -4.12. The van der Waals surface area contributed by atoms with E-state index in [0.29, 0.717) is 18.8 Å². The molecule has 2 N–H and O–H groups in total. The fraction of sp³-hybridized carbons (Fsp3) is 0.455. The predicted octanol–water partition coefficient (Wildman–Crippen LogP) is 1.19. The Hall–Kier alpha value is -1.32. The number of nitro groups is 1. The number of rotatable bonds is 3. The second-order valence-electron chi connectivity index (χ2n) is 4.38. The monoisotopic (exact) mass is 317 g/mol. The van der Waals surface area contributed by atoms with Crippen molar-refractivity contribution in [3.05, 3.63) is 28.3 Å². The van der Waals surface area contributed by atoms with E-state index in [1.54, 1.807) is 17.8 Å². The van der Waals surface area contributed by atoms with Crippen molar-refractivity contribution < 1.29 is 13.3 Å². The van der Waals surface area contributed by atoms with Crippen LogP contribution in [-0.2, 0) is 10.0 Å². The average molecular weight is 317 g/mol. The SMILES string of the molecule is NS(=O)(=O)c1cccc(N2CCCSCC2)c1[N+](=O)[O-]. The number of anilines is 1. The molecule has 20 heavy (non-hydrogen) atoms. The molecular formula is C11H15N3O4S2. The molecule has 0 atom stereocenters. The van der Waals surface area contributed by atoms with E-state index in [1.165, 1.54) is 12.1 Å². The van der Waals surface area contributed by atoms with Gasteiger partial charge in [0.15, 0.2) is 4.90 Å². The zero-order chi connectivity index (χ0) is 14.8. The fourth-order valence-corrected chi connectivity index (χ4v) is 3.77. The highest BCUT2D eigenvalue weighted by Gasteiger charge is 2.29. The van der Waals surface area contributed by atoms with Gasteiger partial charge in [0.1, 0.15) is 5.69 Å². The van der Waals surface area contributed by atoms with Crippen LogP contribution in [0.5, 0.6) is 0 Å². The Kier molecular flexibility index (Phi) is 4.51. The summed E-state index contributed by atoms with van der Waals surface area (Å²) in [5.41, 5.74) is -0.106. The lowest BCUT2D eigenvalue weighted by Gasteiger charge is -2.22. The lowest BCUT2D eigenvalue weighted by Crippen LogP contribution is -2.27. The molecular weight excluding hydrogens is 302 g/mol. The van der Waals surface area contributed by atoms with Crippen LogP contribution in [0.2, 0.25) is 0 Å². The summed E-state index contributed by atoms with van der Waals surface area (Å²) in [6.07, 6.45) is 0.904. The molecule has 0 bridgehead atoms. The van der Waals surface area contributed by atoms with Gasteiger partial charge in [-0.25, -0.2) is 13.6 Å². The van der Waals surface area contributed by atoms with Crippen LogP contribution in [-0.4, -0.2) is 37.9 Å². The maximum absolute atomic E-state index is 11.5. The summed E-state index contributed by atoms with van der Waals surface area (Å²) in [5.74, 6) is 1.86. The molecule has 1 heterocycles. The number of nitrogens with zero attached hydrogens (tertiary/aromatic N) is 2. The molecule has 0 amide bonds. The zero-order valence-electron chi connectivity index (χ0n) is 10.7. The Morgan fingerprint density at radius 3 is 2.70 bits per heavy atom. The smallest absolute Gasteiger partial charge is 0.312 e. The maximum Gasteiger partial charge on any atom is 0.312 e. The number of para-hydroxylation sites is 1. The molecule has 0 spiro atoms. The minimum absolute atomic E-state index is 0.323.